The van der Waals surface area contributed by atoms with Gasteiger partial charge in [0.2, 0.25) is 5.91 Å². The molecule has 1 heterocycles. The molecule has 0 radical (unpaired) electrons. The SMILES string of the molecule is CN(CC(=O)Nc1ccc(Cl)c(Cl)c1)C(=O)COC(=O)c1ccncc1. The third-order valence-corrected chi connectivity index (χ3v) is 3.99. The van der Waals surface area contributed by atoms with Gasteiger partial charge < -0.3 is 15.0 Å². The first-order valence-corrected chi connectivity index (χ1v) is 8.18. The molecule has 1 aromatic heterocycles. The van der Waals surface area contributed by atoms with Gasteiger partial charge in [0.15, 0.2) is 6.61 Å². The number of amides is 2. The molecule has 0 saturated heterocycles. The lowest BCUT2D eigenvalue weighted by atomic mass is 10.3. The minimum Gasteiger partial charge on any atom is -0.452 e. The molecule has 26 heavy (non-hydrogen) atoms. The van der Waals surface area contributed by atoms with Gasteiger partial charge in [-0.1, -0.05) is 23.2 Å². The summed E-state index contributed by atoms with van der Waals surface area (Å²) in [5.41, 5.74) is 0.738. The summed E-state index contributed by atoms with van der Waals surface area (Å²) in [6.07, 6.45) is 2.88. The molecule has 0 bridgehead atoms. The zero-order valence-electron chi connectivity index (χ0n) is 13.7. The van der Waals surface area contributed by atoms with Gasteiger partial charge in [-0.2, -0.15) is 0 Å². The lowest BCUT2D eigenvalue weighted by molar-refractivity contribution is -0.136. The van der Waals surface area contributed by atoms with Crippen LogP contribution in [-0.4, -0.2) is 47.9 Å². The van der Waals surface area contributed by atoms with Crippen molar-refractivity contribution in [3.8, 4) is 0 Å². The van der Waals surface area contributed by atoms with E-state index in [0.29, 0.717) is 15.7 Å². The number of ether oxygens (including phenoxy) is 1. The fourth-order valence-electron chi connectivity index (χ4n) is 1.89. The van der Waals surface area contributed by atoms with Crippen LogP contribution in [0.3, 0.4) is 0 Å². The highest BCUT2D eigenvalue weighted by Gasteiger charge is 2.16. The third kappa shape index (κ3) is 5.72. The summed E-state index contributed by atoms with van der Waals surface area (Å²) in [5.74, 6) is -1.59. The first-order valence-electron chi connectivity index (χ1n) is 7.43. The Morgan fingerprint density at radius 3 is 2.46 bits per heavy atom. The molecule has 0 aliphatic carbocycles. The number of aromatic nitrogens is 1. The zero-order valence-corrected chi connectivity index (χ0v) is 15.3. The van der Waals surface area contributed by atoms with Crippen LogP contribution in [0.1, 0.15) is 10.4 Å². The maximum atomic E-state index is 12.0. The number of halogens is 2. The topological polar surface area (TPSA) is 88.6 Å². The molecule has 0 saturated carbocycles. The van der Waals surface area contributed by atoms with E-state index in [0.717, 1.165) is 4.90 Å². The summed E-state index contributed by atoms with van der Waals surface area (Å²) in [5, 5.41) is 3.27. The van der Waals surface area contributed by atoms with Crippen molar-refractivity contribution in [2.24, 2.45) is 0 Å². The van der Waals surface area contributed by atoms with Gasteiger partial charge in [-0.15, -0.1) is 0 Å². The number of anilines is 1. The molecule has 2 rings (SSSR count). The minimum atomic E-state index is -0.644. The van der Waals surface area contributed by atoms with Gasteiger partial charge >= 0.3 is 5.97 Å². The smallest absolute Gasteiger partial charge is 0.338 e. The highest BCUT2D eigenvalue weighted by molar-refractivity contribution is 6.42. The van der Waals surface area contributed by atoms with Crippen molar-refractivity contribution in [1.29, 1.82) is 0 Å². The number of likely N-dealkylation sites (N-methyl/N-ethyl adjacent to an activating group) is 1. The number of nitrogens with zero attached hydrogens (tertiary/aromatic N) is 2. The minimum absolute atomic E-state index is 0.216. The molecule has 0 spiro atoms. The fraction of sp³-hybridized carbons (Fsp3) is 0.176. The molecule has 1 N–H and O–H groups in total. The van der Waals surface area contributed by atoms with Gasteiger partial charge in [-0.05, 0) is 30.3 Å². The summed E-state index contributed by atoms with van der Waals surface area (Å²) in [4.78, 5) is 40.7. The summed E-state index contributed by atoms with van der Waals surface area (Å²) >= 11 is 11.7. The number of carbonyl (C=O) groups is 3. The quantitative estimate of drug-likeness (QED) is 0.759. The maximum Gasteiger partial charge on any atom is 0.338 e. The van der Waals surface area contributed by atoms with Crippen LogP contribution in [0.15, 0.2) is 42.7 Å². The number of rotatable bonds is 6. The normalized spacial score (nSPS) is 10.1. The molecule has 2 aromatic rings. The van der Waals surface area contributed by atoms with Crippen LogP contribution in [0.2, 0.25) is 10.0 Å². The average Bonchev–Trinajstić information content (AvgIpc) is 2.63. The summed E-state index contributed by atoms with van der Waals surface area (Å²) < 4.78 is 4.92. The molecule has 9 heteroatoms. The molecule has 7 nitrogen and oxygen atoms in total. The molecule has 136 valence electrons. The average molecular weight is 396 g/mol. The number of hydrogen-bond acceptors (Lipinski definition) is 5. The molecule has 0 fully saturated rings. The van der Waals surface area contributed by atoms with Crippen molar-refractivity contribution < 1.29 is 19.1 Å². The molecule has 2 amide bonds. The summed E-state index contributed by atoms with van der Waals surface area (Å²) in [7, 11) is 1.43. The largest absolute Gasteiger partial charge is 0.452 e. The van der Waals surface area contributed by atoms with Crippen LogP contribution < -0.4 is 5.32 Å². The number of pyridine rings is 1. The zero-order chi connectivity index (χ0) is 19.1. The van der Waals surface area contributed by atoms with Gasteiger partial charge in [0, 0.05) is 25.1 Å². The van der Waals surface area contributed by atoms with Crippen LogP contribution >= 0.6 is 23.2 Å². The molecule has 0 atom stereocenters. The van der Waals surface area contributed by atoms with Crippen molar-refractivity contribution in [1.82, 2.24) is 9.88 Å². The lowest BCUT2D eigenvalue weighted by Crippen LogP contribution is -2.37. The van der Waals surface area contributed by atoms with Gasteiger partial charge in [0.1, 0.15) is 0 Å². The van der Waals surface area contributed by atoms with E-state index in [4.69, 9.17) is 27.9 Å². The van der Waals surface area contributed by atoms with E-state index in [1.807, 2.05) is 0 Å². The molecule has 0 aliphatic heterocycles. The van der Waals surface area contributed by atoms with Crippen molar-refractivity contribution in [2.75, 3.05) is 25.5 Å². The molecular formula is C17H15Cl2N3O4. The van der Waals surface area contributed by atoms with E-state index < -0.39 is 24.4 Å². The Bertz CT molecular complexity index is 815. The summed E-state index contributed by atoms with van der Waals surface area (Å²) in [6, 6.07) is 7.58. The molecular weight excluding hydrogens is 381 g/mol. The van der Waals surface area contributed by atoms with Crippen LogP contribution in [0.4, 0.5) is 5.69 Å². The standard InChI is InChI=1S/C17H15Cl2N3O4/c1-22(9-15(23)21-12-2-3-13(18)14(19)8-12)16(24)10-26-17(25)11-4-6-20-7-5-11/h2-8H,9-10H2,1H3,(H,21,23). The number of hydrogen-bond donors (Lipinski definition) is 1. The van der Waals surface area contributed by atoms with E-state index >= 15 is 0 Å². The molecule has 0 unspecified atom stereocenters. The van der Waals surface area contributed by atoms with Crippen LogP contribution in [0, 0.1) is 0 Å². The van der Waals surface area contributed by atoms with E-state index in [-0.39, 0.29) is 12.1 Å². The van der Waals surface area contributed by atoms with Gasteiger partial charge in [0.05, 0.1) is 22.2 Å². The van der Waals surface area contributed by atoms with Gasteiger partial charge in [-0.25, -0.2) is 4.79 Å². The predicted molar refractivity (Wildman–Crippen MR) is 97.2 cm³/mol. The molecule has 0 aliphatic rings. The summed E-state index contributed by atoms with van der Waals surface area (Å²) in [6.45, 7) is -0.691. The predicted octanol–water partition coefficient (Wildman–Crippen LogP) is 2.64. The van der Waals surface area contributed by atoms with E-state index in [2.05, 4.69) is 10.3 Å². The Labute approximate surface area is 159 Å². The van der Waals surface area contributed by atoms with Crippen molar-refractivity contribution in [3.63, 3.8) is 0 Å². The lowest BCUT2D eigenvalue weighted by Gasteiger charge is -2.17. The monoisotopic (exact) mass is 395 g/mol. The van der Waals surface area contributed by atoms with Crippen LogP contribution in [0.5, 0.6) is 0 Å². The number of esters is 1. The number of nitrogens with one attached hydrogen (secondary N) is 1. The van der Waals surface area contributed by atoms with Crippen LogP contribution in [-0.2, 0) is 14.3 Å². The van der Waals surface area contributed by atoms with E-state index in [1.54, 1.807) is 12.1 Å². The Kier molecular flexibility index (Phi) is 6.94. The Morgan fingerprint density at radius 1 is 1.12 bits per heavy atom. The Morgan fingerprint density at radius 2 is 1.81 bits per heavy atom. The number of carbonyl (C=O) groups excluding carboxylic acids is 3. The first kappa shape index (κ1) is 19.7. The Balaban J connectivity index is 1.81. The van der Waals surface area contributed by atoms with Crippen molar-refractivity contribution in [3.05, 3.63) is 58.3 Å². The second kappa shape index (κ2) is 9.17. The second-order valence-corrected chi connectivity index (χ2v) is 6.05. The van der Waals surface area contributed by atoms with Crippen molar-refractivity contribution >= 4 is 46.7 Å². The third-order valence-electron chi connectivity index (χ3n) is 3.25. The van der Waals surface area contributed by atoms with E-state index in [9.17, 15) is 14.4 Å². The van der Waals surface area contributed by atoms with Crippen molar-refractivity contribution in [2.45, 2.75) is 0 Å². The second-order valence-electron chi connectivity index (χ2n) is 5.24. The van der Waals surface area contributed by atoms with Gasteiger partial charge in [0.25, 0.3) is 5.91 Å². The number of benzene rings is 1. The first-order chi connectivity index (χ1) is 12.4. The highest BCUT2D eigenvalue weighted by Crippen LogP contribution is 2.24. The highest BCUT2D eigenvalue weighted by atomic mass is 35.5. The van der Waals surface area contributed by atoms with E-state index in [1.165, 1.54) is 37.6 Å². The van der Waals surface area contributed by atoms with Gasteiger partial charge in [-0.3, -0.25) is 14.6 Å². The Hall–Kier alpha value is -2.64. The van der Waals surface area contributed by atoms with Crippen LogP contribution in [0.25, 0.3) is 0 Å². The fourth-order valence-corrected chi connectivity index (χ4v) is 2.18. The maximum absolute atomic E-state index is 12.0. The molecule has 1 aromatic carbocycles.